The Labute approximate surface area is 101 Å². The summed E-state index contributed by atoms with van der Waals surface area (Å²) in [7, 11) is 0. The van der Waals surface area contributed by atoms with Crippen molar-refractivity contribution in [3.05, 3.63) is 55.6 Å². The topological polar surface area (TPSA) is 24.4 Å². The van der Waals surface area contributed by atoms with Crippen LogP contribution in [0.4, 0.5) is 5.69 Å². The molecule has 1 N–H and O–H groups in total. The number of rotatable bonds is 5. The summed E-state index contributed by atoms with van der Waals surface area (Å²) in [5, 5.41) is 4.16. The van der Waals surface area contributed by atoms with Crippen molar-refractivity contribution in [2.75, 3.05) is 17.6 Å². The third-order valence-electron chi connectivity index (χ3n) is 1.73. The minimum Gasteiger partial charge on any atom is -0.335 e. The van der Waals surface area contributed by atoms with Crippen molar-refractivity contribution in [1.29, 1.82) is 0 Å². The Morgan fingerprint density at radius 3 is 2.62 bits per heavy atom. The molecule has 2 nitrogen and oxygen atoms in total. The number of hydrogen-bond acceptors (Lipinski definition) is 2. The Kier molecular flexibility index (Phi) is 6.11. The lowest BCUT2D eigenvalue weighted by molar-refractivity contribution is 1.26. The van der Waals surface area contributed by atoms with E-state index in [9.17, 15) is 0 Å². The number of amidine groups is 1. The van der Waals surface area contributed by atoms with E-state index in [4.69, 9.17) is 0 Å². The van der Waals surface area contributed by atoms with Crippen LogP contribution in [0.15, 0.2) is 60.6 Å². The van der Waals surface area contributed by atoms with E-state index in [0.29, 0.717) is 6.54 Å². The van der Waals surface area contributed by atoms with Crippen LogP contribution >= 0.6 is 11.8 Å². The van der Waals surface area contributed by atoms with Gasteiger partial charge in [0, 0.05) is 11.4 Å². The first-order chi connectivity index (χ1) is 7.86. The summed E-state index contributed by atoms with van der Waals surface area (Å²) in [4.78, 5) is 4.38. The molecule has 0 aromatic heterocycles. The molecule has 0 saturated carbocycles. The zero-order chi connectivity index (χ0) is 11.6. The van der Waals surface area contributed by atoms with Crippen LogP contribution in [0.1, 0.15) is 0 Å². The molecule has 1 aromatic carbocycles. The number of anilines is 1. The number of nitrogens with zero attached hydrogens (tertiary/aromatic N) is 1. The van der Waals surface area contributed by atoms with Crippen molar-refractivity contribution in [2.24, 2.45) is 4.99 Å². The number of hydrogen-bond donors (Lipinski definition) is 1. The highest BCUT2D eigenvalue weighted by molar-refractivity contribution is 8.14. The van der Waals surface area contributed by atoms with Gasteiger partial charge in [-0.05, 0) is 12.1 Å². The Morgan fingerprint density at radius 2 is 2.00 bits per heavy atom. The maximum Gasteiger partial charge on any atom is 0.161 e. The zero-order valence-corrected chi connectivity index (χ0v) is 10.0. The van der Waals surface area contributed by atoms with Gasteiger partial charge in [-0.25, -0.2) is 0 Å². The minimum atomic E-state index is 0.624. The molecule has 1 aromatic rings. The standard InChI is InChI=1S/C13H16N2S/c1-3-10-14-13(16-11-4-2)15-12-8-6-5-7-9-12/h3-9H,1-2,10-11H2,(H,14,15). The summed E-state index contributed by atoms with van der Waals surface area (Å²) in [6.45, 7) is 7.98. The van der Waals surface area contributed by atoms with Crippen LogP contribution in [0, 0.1) is 0 Å². The van der Waals surface area contributed by atoms with Crippen LogP contribution in [0.25, 0.3) is 0 Å². The fraction of sp³-hybridized carbons (Fsp3) is 0.154. The van der Waals surface area contributed by atoms with Gasteiger partial charge < -0.3 is 5.32 Å². The summed E-state index contributed by atoms with van der Waals surface area (Å²) in [6.07, 6.45) is 3.64. The maximum atomic E-state index is 4.38. The highest BCUT2D eigenvalue weighted by atomic mass is 32.2. The molecule has 0 aliphatic rings. The molecule has 0 fully saturated rings. The number of aliphatic imine (C=N–C) groups is 1. The lowest BCUT2D eigenvalue weighted by Gasteiger charge is -2.07. The van der Waals surface area contributed by atoms with E-state index in [-0.39, 0.29) is 0 Å². The first-order valence-electron chi connectivity index (χ1n) is 5.08. The number of para-hydroxylation sites is 1. The van der Waals surface area contributed by atoms with E-state index in [1.807, 2.05) is 36.4 Å². The molecule has 0 aliphatic carbocycles. The normalized spacial score (nSPS) is 10.9. The number of nitrogens with one attached hydrogen (secondary N) is 1. The Morgan fingerprint density at radius 1 is 1.25 bits per heavy atom. The third-order valence-corrected chi connectivity index (χ3v) is 2.63. The van der Waals surface area contributed by atoms with E-state index in [1.54, 1.807) is 17.8 Å². The average molecular weight is 232 g/mol. The maximum absolute atomic E-state index is 4.38. The van der Waals surface area contributed by atoms with Crippen molar-refractivity contribution in [2.45, 2.75) is 0 Å². The Hall–Kier alpha value is -1.48. The molecular weight excluding hydrogens is 216 g/mol. The van der Waals surface area contributed by atoms with Crippen molar-refractivity contribution in [3.8, 4) is 0 Å². The van der Waals surface area contributed by atoms with Crippen molar-refractivity contribution in [1.82, 2.24) is 0 Å². The molecule has 0 heterocycles. The van der Waals surface area contributed by atoms with E-state index in [1.165, 1.54) is 0 Å². The van der Waals surface area contributed by atoms with Gasteiger partial charge in [0.05, 0.1) is 6.54 Å². The molecule has 0 atom stereocenters. The van der Waals surface area contributed by atoms with Crippen LogP contribution < -0.4 is 5.32 Å². The van der Waals surface area contributed by atoms with Crippen LogP contribution in [-0.2, 0) is 0 Å². The number of thioether (sulfide) groups is 1. The van der Waals surface area contributed by atoms with Gasteiger partial charge in [0.1, 0.15) is 0 Å². The summed E-state index contributed by atoms with van der Waals surface area (Å²) in [6, 6.07) is 10.00. The van der Waals surface area contributed by atoms with Crippen molar-refractivity contribution in [3.63, 3.8) is 0 Å². The summed E-state index contributed by atoms with van der Waals surface area (Å²) in [5.41, 5.74) is 1.04. The molecular formula is C13H16N2S. The van der Waals surface area contributed by atoms with Gasteiger partial charge in [0.25, 0.3) is 0 Å². The van der Waals surface area contributed by atoms with Gasteiger partial charge >= 0.3 is 0 Å². The van der Waals surface area contributed by atoms with Gasteiger partial charge in [-0.1, -0.05) is 42.1 Å². The molecule has 3 heteroatoms. The quantitative estimate of drug-likeness (QED) is 0.477. The van der Waals surface area contributed by atoms with Crippen molar-refractivity contribution < 1.29 is 0 Å². The van der Waals surface area contributed by atoms with E-state index in [2.05, 4.69) is 23.5 Å². The van der Waals surface area contributed by atoms with E-state index in [0.717, 1.165) is 16.6 Å². The zero-order valence-electron chi connectivity index (χ0n) is 9.23. The van der Waals surface area contributed by atoms with Gasteiger partial charge in [-0.2, -0.15) is 0 Å². The molecule has 0 spiro atoms. The van der Waals surface area contributed by atoms with Crippen LogP contribution in [0.5, 0.6) is 0 Å². The average Bonchev–Trinajstić information content (AvgIpc) is 2.34. The Balaban J connectivity index is 2.62. The van der Waals surface area contributed by atoms with Gasteiger partial charge in [0.2, 0.25) is 0 Å². The molecule has 0 aliphatic heterocycles. The van der Waals surface area contributed by atoms with Gasteiger partial charge in [0.15, 0.2) is 5.17 Å². The predicted octanol–water partition coefficient (Wildman–Crippen LogP) is 3.56. The SMILES string of the molecule is C=CCN=C(Nc1ccccc1)SCC=C. The predicted molar refractivity (Wildman–Crippen MR) is 75.2 cm³/mol. The molecule has 0 saturated heterocycles. The molecule has 0 amide bonds. The fourth-order valence-electron chi connectivity index (χ4n) is 1.05. The smallest absolute Gasteiger partial charge is 0.161 e. The highest BCUT2D eigenvalue weighted by Gasteiger charge is 1.98. The molecule has 84 valence electrons. The van der Waals surface area contributed by atoms with Gasteiger partial charge in [-0.3, -0.25) is 4.99 Å². The lowest BCUT2D eigenvalue weighted by atomic mass is 10.3. The largest absolute Gasteiger partial charge is 0.335 e. The van der Waals surface area contributed by atoms with E-state index >= 15 is 0 Å². The van der Waals surface area contributed by atoms with Crippen LogP contribution in [-0.4, -0.2) is 17.5 Å². The molecule has 1 rings (SSSR count). The number of benzene rings is 1. The first-order valence-corrected chi connectivity index (χ1v) is 6.06. The molecule has 0 unspecified atom stereocenters. The second kappa shape index (κ2) is 7.77. The third kappa shape index (κ3) is 4.84. The monoisotopic (exact) mass is 232 g/mol. The first kappa shape index (κ1) is 12.6. The summed E-state index contributed by atoms with van der Waals surface area (Å²) in [5.74, 6) is 0.843. The second-order valence-electron chi connectivity index (χ2n) is 3.03. The fourth-order valence-corrected chi connectivity index (χ4v) is 1.68. The second-order valence-corrected chi connectivity index (χ2v) is 4.03. The lowest BCUT2D eigenvalue weighted by Crippen LogP contribution is -2.08. The molecule has 16 heavy (non-hydrogen) atoms. The van der Waals surface area contributed by atoms with Crippen LogP contribution in [0.2, 0.25) is 0 Å². The molecule has 0 radical (unpaired) electrons. The Bertz CT molecular complexity index is 357. The van der Waals surface area contributed by atoms with Crippen LogP contribution in [0.3, 0.4) is 0 Å². The minimum absolute atomic E-state index is 0.624. The van der Waals surface area contributed by atoms with Gasteiger partial charge in [-0.15, -0.1) is 13.2 Å². The van der Waals surface area contributed by atoms with Crippen molar-refractivity contribution >= 4 is 22.6 Å². The van der Waals surface area contributed by atoms with E-state index < -0.39 is 0 Å². The highest BCUT2D eigenvalue weighted by Crippen LogP contribution is 2.11. The molecule has 0 bridgehead atoms. The summed E-state index contributed by atoms with van der Waals surface area (Å²) >= 11 is 1.63. The summed E-state index contributed by atoms with van der Waals surface area (Å²) < 4.78 is 0.